The van der Waals surface area contributed by atoms with Crippen LogP contribution in [0.25, 0.3) is 5.95 Å². The maximum absolute atomic E-state index is 12.5. The van der Waals surface area contributed by atoms with Gasteiger partial charge in [-0.1, -0.05) is 13.8 Å². The largest absolute Gasteiger partial charge is 0.350 e. The first-order valence-corrected chi connectivity index (χ1v) is 8.19. The molecule has 2 N–H and O–H groups in total. The van der Waals surface area contributed by atoms with E-state index in [0.717, 1.165) is 17.1 Å². The minimum atomic E-state index is -0.128. The summed E-state index contributed by atoms with van der Waals surface area (Å²) in [5.74, 6) is 0.480. The second kappa shape index (κ2) is 8.92. The summed E-state index contributed by atoms with van der Waals surface area (Å²) >= 11 is 0. The molecule has 2 aromatic rings. The molecular formula is C17H27ClN6O. The van der Waals surface area contributed by atoms with Crippen LogP contribution in [0.15, 0.2) is 12.3 Å². The van der Waals surface area contributed by atoms with E-state index in [9.17, 15) is 4.79 Å². The average Bonchev–Trinajstić information content (AvgIpc) is 2.97. The summed E-state index contributed by atoms with van der Waals surface area (Å²) in [5.41, 5.74) is 3.05. The highest BCUT2D eigenvalue weighted by atomic mass is 35.5. The molecule has 0 radical (unpaired) electrons. The third kappa shape index (κ3) is 5.24. The zero-order valence-corrected chi connectivity index (χ0v) is 16.4. The molecule has 2 rings (SSSR count). The van der Waals surface area contributed by atoms with Crippen molar-refractivity contribution in [3.8, 4) is 5.95 Å². The Bertz CT molecular complexity index is 708. The molecule has 138 valence electrons. The van der Waals surface area contributed by atoms with Crippen LogP contribution in [0.3, 0.4) is 0 Å². The molecule has 0 aliphatic heterocycles. The first kappa shape index (κ1) is 21.1. The lowest BCUT2D eigenvalue weighted by atomic mass is 10.1. The van der Waals surface area contributed by atoms with Crippen molar-refractivity contribution in [2.75, 3.05) is 13.6 Å². The van der Waals surface area contributed by atoms with Gasteiger partial charge >= 0.3 is 0 Å². The van der Waals surface area contributed by atoms with E-state index in [0.29, 0.717) is 18.1 Å². The first-order chi connectivity index (χ1) is 11.3. The number of carbonyl (C=O) groups excluding carboxylic acids is 1. The number of nitrogens with zero attached hydrogens (tertiary/aromatic N) is 4. The van der Waals surface area contributed by atoms with Crippen molar-refractivity contribution in [2.24, 2.45) is 0 Å². The van der Waals surface area contributed by atoms with Crippen LogP contribution in [-0.4, -0.2) is 45.3 Å². The highest BCUT2D eigenvalue weighted by Crippen LogP contribution is 2.19. The second-order valence-corrected chi connectivity index (χ2v) is 6.38. The van der Waals surface area contributed by atoms with Crippen LogP contribution >= 0.6 is 12.4 Å². The molecule has 7 nitrogen and oxygen atoms in total. The number of aromatic nitrogens is 4. The Morgan fingerprint density at radius 3 is 2.32 bits per heavy atom. The number of hydrogen-bond donors (Lipinski definition) is 2. The van der Waals surface area contributed by atoms with E-state index in [1.54, 1.807) is 10.9 Å². The van der Waals surface area contributed by atoms with Crippen molar-refractivity contribution in [2.45, 2.75) is 46.6 Å². The first-order valence-electron chi connectivity index (χ1n) is 8.19. The van der Waals surface area contributed by atoms with E-state index < -0.39 is 0 Å². The van der Waals surface area contributed by atoms with Gasteiger partial charge in [0.1, 0.15) is 0 Å². The maximum atomic E-state index is 12.5. The summed E-state index contributed by atoms with van der Waals surface area (Å²) in [6.07, 6.45) is 1.71. The lowest BCUT2D eigenvalue weighted by molar-refractivity contribution is 0.0949. The van der Waals surface area contributed by atoms with Gasteiger partial charge in [-0.2, -0.15) is 5.10 Å². The molecule has 0 fully saturated rings. The predicted molar refractivity (Wildman–Crippen MR) is 101 cm³/mol. The number of rotatable bonds is 6. The van der Waals surface area contributed by atoms with E-state index in [1.807, 2.05) is 47.7 Å². The van der Waals surface area contributed by atoms with Crippen molar-refractivity contribution < 1.29 is 4.79 Å². The van der Waals surface area contributed by atoms with Crippen molar-refractivity contribution in [3.63, 3.8) is 0 Å². The molecule has 0 aliphatic carbocycles. The molecule has 0 saturated carbocycles. The molecule has 2 aromatic heterocycles. The van der Waals surface area contributed by atoms with Crippen molar-refractivity contribution in [1.82, 2.24) is 30.4 Å². The Labute approximate surface area is 155 Å². The molecule has 1 amide bonds. The fraction of sp³-hybridized carbons (Fsp3) is 0.529. The summed E-state index contributed by atoms with van der Waals surface area (Å²) in [5, 5.41) is 10.6. The third-order valence-corrected chi connectivity index (χ3v) is 3.77. The number of halogens is 1. The van der Waals surface area contributed by atoms with Gasteiger partial charge in [-0.15, -0.1) is 12.4 Å². The fourth-order valence-electron chi connectivity index (χ4n) is 2.34. The molecule has 0 spiro atoms. The maximum Gasteiger partial charge on any atom is 0.254 e. The Morgan fingerprint density at radius 1 is 1.20 bits per heavy atom. The minimum Gasteiger partial charge on any atom is -0.350 e. The van der Waals surface area contributed by atoms with Gasteiger partial charge in [0.05, 0.1) is 11.3 Å². The van der Waals surface area contributed by atoms with Crippen molar-refractivity contribution in [1.29, 1.82) is 0 Å². The third-order valence-electron chi connectivity index (χ3n) is 3.77. The molecule has 0 bridgehead atoms. The van der Waals surface area contributed by atoms with Crippen LogP contribution in [0, 0.1) is 13.8 Å². The normalized spacial score (nSPS) is 12.0. The highest BCUT2D eigenvalue weighted by molar-refractivity contribution is 5.95. The van der Waals surface area contributed by atoms with Crippen LogP contribution in [0.5, 0.6) is 0 Å². The molecule has 1 unspecified atom stereocenters. The van der Waals surface area contributed by atoms with Crippen LogP contribution in [0.1, 0.15) is 54.1 Å². The molecule has 8 heteroatoms. The number of carbonyl (C=O) groups is 1. The minimum absolute atomic E-state index is 0. The lowest BCUT2D eigenvalue weighted by Crippen LogP contribution is -2.37. The second-order valence-electron chi connectivity index (χ2n) is 6.38. The molecule has 0 saturated heterocycles. The molecule has 1 atom stereocenters. The zero-order chi connectivity index (χ0) is 17.9. The molecular weight excluding hydrogens is 340 g/mol. The van der Waals surface area contributed by atoms with E-state index in [2.05, 4.69) is 25.7 Å². The van der Waals surface area contributed by atoms with Crippen molar-refractivity contribution in [3.05, 3.63) is 34.9 Å². The number of amides is 1. The van der Waals surface area contributed by atoms with Gasteiger partial charge < -0.3 is 10.6 Å². The van der Waals surface area contributed by atoms with E-state index >= 15 is 0 Å². The summed E-state index contributed by atoms with van der Waals surface area (Å²) in [6.45, 7) is 10.4. The predicted octanol–water partition coefficient (Wildman–Crippen LogP) is 2.16. The van der Waals surface area contributed by atoms with Gasteiger partial charge in [0, 0.05) is 30.2 Å². The Balaban J connectivity index is 0.00000312. The topological polar surface area (TPSA) is 84.7 Å². The number of hydrogen-bond acceptors (Lipinski definition) is 5. The summed E-state index contributed by atoms with van der Waals surface area (Å²) in [6, 6.07) is 2.11. The Hall–Kier alpha value is -1.99. The fourth-order valence-corrected chi connectivity index (χ4v) is 2.34. The molecule has 0 aliphatic rings. The summed E-state index contributed by atoms with van der Waals surface area (Å²) in [7, 11) is 1.87. The van der Waals surface area contributed by atoms with Gasteiger partial charge in [-0.3, -0.25) is 4.79 Å². The number of aryl methyl sites for hydroxylation is 2. The smallest absolute Gasteiger partial charge is 0.254 e. The van der Waals surface area contributed by atoms with Gasteiger partial charge in [0.25, 0.3) is 11.9 Å². The molecule has 2 heterocycles. The molecule has 25 heavy (non-hydrogen) atoms. The van der Waals surface area contributed by atoms with Crippen LogP contribution in [0.2, 0.25) is 0 Å². The van der Waals surface area contributed by atoms with Gasteiger partial charge in [-0.05, 0) is 39.8 Å². The highest BCUT2D eigenvalue weighted by Gasteiger charge is 2.20. The average molecular weight is 367 g/mol. The SMILES string of the molecule is CNC(C)CNC(=O)c1cn(-c2nc(C)cc(C)n2)nc1C(C)C.Cl. The van der Waals surface area contributed by atoms with Gasteiger partial charge in [0.15, 0.2) is 0 Å². The zero-order valence-electron chi connectivity index (χ0n) is 15.6. The van der Waals surface area contributed by atoms with Crippen LogP contribution in [0.4, 0.5) is 0 Å². The molecule has 0 aromatic carbocycles. The monoisotopic (exact) mass is 366 g/mol. The Morgan fingerprint density at radius 2 is 1.80 bits per heavy atom. The quantitative estimate of drug-likeness (QED) is 0.818. The van der Waals surface area contributed by atoms with E-state index in [4.69, 9.17) is 0 Å². The Kier molecular flexibility index (Phi) is 7.51. The summed E-state index contributed by atoms with van der Waals surface area (Å²) < 4.78 is 1.59. The lowest BCUT2D eigenvalue weighted by Gasteiger charge is -2.11. The van der Waals surface area contributed by atoms with Crippen LogP contribution < -0.4 is 10.6 Å². The van der Waals surface area contributed by atoms with E-state index in [1.165, 1.54) is 0 Å². The van der Waals surface area contributed by atoms with E-state index in [-0.39, 0.29) is 30.3 Å². The van der Waals surface area contributed by atoms with Crippen LogP contribution in [-0.2, 0) is 0 Å². The van der Waals surface area contributed by atoms with Gasteiger partial charge in [-0.25, -0.2) is 14.6 Å². The van der Waals surface area contributed by atoms with Crippen molar-refractivity contribution >= 4 is 18.3 Å². The number of nitrogens with one attached hydrogen (secondary N) is 2. The standard InChI is InChI=1S/C17H26N6O.ClH/c1-10(2)15-14(16(24)19-8-13(5)18-6)9-23(22-15)17-20-11(3)7-12(4)21-17;/h7,9-10,13,18H,8H2,1-6H3,(H,19,24);1H. The number of likely N-dealkylation sites (N-methyl/N-ethyl adjacent to an activating group) is 1. The summed E-state index contributed by atoms with van der Waals surface area (Å²) in [4.78, 5) is 21.4. The van der Waals surface area contributed by atoms with Gasteiger partial charge in [0.2, 0.25) is 0 Å².